The summed E-state index contributed by atoms with van der Waals surface area (Å²) in [5.41, 5.74) is 1.48. The van der Waals surface area contributed by atoms with Crippen molar-refractivity contribution in [1.29, 1.82) is 0 Å². The monoisotopic (exact) mass is 526 g/mol. The molecule has 0 aliphatic rings. The molecule has 0 aliphatic carbocycles. The van der Waals surface area contributed by atoms with Crippen LogP contribution in [0.5, 0.6) is 0 Å². The van der Waals surface area contributed by atoms with Gasteiger partial charge < -0.3 is 4.90 Å². The maximum atomic E-state index is 14.8. The molecular weight excluding hydrogens is 502 g/mol. The number of tetrazole rings is 1. The van der Waals surface area contributed by atoms with Crippen molar-refractivity contribution in [1.82, 2.24) is 30.2 Å². The van der Waals surface area contributed by atoms with Crippen LogP contribution in [-0.2, 0) is 14.8 Å². The van der Waals surface area contributed by atoms with Crippen LogP contribution in [-0.4, -0.2) is 53.9 Å². The number of sulfonamides is 1. The van der Waals surface area contributed by atoms with E-state index in [0.717, 1.165) is 16.5 Å². The quantitative estimate of drug-likeness (QED) is 0.463. The maximum Gasteiger partial charge on any atom is 0.261 e. The van der Waals surface area contributed by atoms with Gasteiger partial charge in [0.1, 0.15) is 5.82 Å². The van der Waals surface area contributed by atoms with Crippen molar-refractivity contribution >= 4 is 27.5 Å². The van der Waals surface area contributed by atoms with Crippen LogP contribution in [0, 0.1) is 19.7 Å². The number of aromatic nitrogens is 4. The highest BCUT2D eigenvalue weighted by Crippen LogP contribution is 2.35. The van der Waals surface area contributed by atoms with Gasteiger partial charge in [0.15, 0.2) is 5.82 Å². The lowest BCUT2D eigenvalue weighted by atomic mass is 9.88. The van der Waals surface area contributed by atoms with Crippen molar-refractivity contribution in [2.75, 3.05) is 14.1 Å². The van der Waals surface area contributed by atoms with Gasteiger partial charge in [-0.1, -0.05) is 29.8 Å². The van der Waals surface area contributed by atoms with Crippen LogP contribution < -0.4 is 4.72 Å². The summed E-state index contributed by atoms with van der Waals surface area (Å²) in [7, 11) is -1.60. The Balaban J connectivity index is 2.04. The van der Waals surface area contributed by atoms with E-state index in [9.17, 15) is 22.0 Å². The molecule has 3 rings (SSSR count). The number of carbonyl (C=O) groups is 1. The van der Waals surface area contributed by atoms with Crippen molar-refractivity contribution in [2.24, 2.45) is 0 Å². The molecule has 2 N–H and O–H groups in total. The number of rotatable bonds is 8. The lowest BCUT2D eigenvalue weighted by Gasteiger charge is -2.25. The fourth-order valence-corrected chi connectivity index (χ4v) is 5.21. The molecule has 0 saturated carbocycles. The molecule has 0 radical (unpaired) electrons. The first-order valence-corrected chi connectivity index (χ1v) is 12.4. The lowest BCUT2D eigenvalue weighted by Crippen LogP contribution is -2.33. The van der Waals surface area contributed by atoms with E-state index in [4.69, 9.17) is 11.6 Å². The summed E-state index contributed by atoms with van der Waals surface area (Å²) in [5, 5.41) is 13.5. The molecule has 0 fully saturated rings. The number of likely N-dealkylation sites (N-methyl/N-ethyl adjacent to an activating group) is 1. The van der Waals surface area contributed by atoms with Crippen LogP contribution in [0.4, 0.5) is 8.78 Å². The fraction of sp³-hybridized carbons (Fsp3) is 0.364. The molecule has 2 aromatic carbocycles. The highest BCUT2D eigenvalue weighted by atomic mass is 35.5. The SMILES string of the molecule is Cc1ccc(F)c([C@@H](C)[C@H](NS(=O)(=O)c2ccc(Cl)c(C(F)C(=O)N(C)C)c2)c2nn[nH]n2)c1C. The summed E-state index contributed by atoms with van der Waals surface area (Å²) in [6.07, 6.45) is -2.16. The number of alkyl halides is 1. The maximum absolute atomic E-state index is 14.8. The second-order valence-corrected chi connectivity index (χ2v) is 10.5. The van der Waals surface area contributed by atoms with Gasteiger partial charge in [0, 0.05) is 30.6 Å². The number of nitrogens with one attached hydrogen (secondary N) is 2. The number of benzene rings is 2. The van der Waals surface area contributed by atoms with E-state index in [2.05, 4.69) is 25.3 Å². The Bertz CT molecular complexity index is 1340. The molecular formula is C22H25ClF2N6O3S. The second-order valence-electron chi connectivity index (χ2n) is 8.34. The summed E-state index contributed by atoms with van der Waals surface area (Å²) in [4.78, 5) is 12.8. The minimum Gasteiger partial charge on any atom is -0.346 e. The summed E-state index contributed by atoms with van der Waals surface area (Å²) in [5.74, 6) is -2.16. The topological polar surface area (TPSA) is 121 Å². The minimum atomic E-state index is -4.34. The minimum absolute atomic E-state index is 0.0123. The largest absolute Gasteiger partial charge is 0.346 e. The number of aryl methyl sites for hydroxylation is 1. The van der Waals surface area contributed by atoms with Crippen LogP contribution in [0.25, 0.3) is 0 Å². The second kappa shape index (κ2) is 10.3. The van der Waals surface area contributed by atoms with Crippen LogP contribution in [0.2, 0.25) is 5.02 Å². The van der Waals surface area contributed by atoms with Crippen molar-refractivity contribution in [3.63, 3.8) is 0 Å². The van der Waals surface area contributed by atoms with Gasteiger partial charge in [0.2, 0.25) is 16.2 Å². The average Bonchev–Trinajstić information content (AvgIpc) is 3.34. The predicted molar refractivity (Wildman–Crippen MR) is 126 cm³/mol. The molecule has 1 heterocycles. The molecule has 0 spiro atoms. The zero-order valence-corrected chi connectivity index (χ0v) is 21.2. The van der Waals surface area contributed by atoms with Crippen molar-refractivity contribution < 1.29 is 22.0 Å². The van der Waals surface area contributed by atoms with E-state index in [0.29, 0.717) is 11.1 Å². The lowest BCUT2D eigenvalue weighted by molar-refractivity contribution is -0.134. The normalized spacial score (nSPS) is 14.4. The van der Waals surface area contributed by atoms with Gasteiger partial charge in [-0.05, 0) is 54.8 Å². The molecule has 0 saturated heterocycles. The number of carbonyl (C=O) groups excluding carboxylic acids is 1. The van der Waals surface area contributed by atoms with Gasteiger partial charge in [-0.25, -0.2) is 17.2 Å². The zero-order valence-electron chi connectivity index (χ0n) is 19.7. The first-order valence-electron chi connectivity index (χ1n) is 10.5. The summed E-state index contributed by atoms with van der Waals surface area (Å²) < 4.78 is 58.8. The summed E-state index contributed by atoms with van der Waals surface area (Å²) >= 11 is 6.06. The Morgan fingerprint density at radius 1 is 1.20 bits per heavy atom. The highest BCUT2D eigenvalue weighted by molar-refractivity contribution is 7.89. The van der Waals surface area contributed by atoms with E-state index in [1.54, 1.807) is 19.9 Å². The molecule has 0 bridgehead atoms. The van der Waals surface area contributed by atoms with Crippen molar-refractivity contribution in [3.05, 3.63) is 69.2 Å². The van der Waals surface area contributed by atoms with Crippen LogP contribution in [0.1, 0.15) is 53.1 Å². The summed E-state index contributed by atoms with van der Waals surface area (Å²) in [6, 6.07) is 5.18. The fourth-order valence-electron chi connectivity index (χ4n) is 3.69. The molecule has 3 aromatic rings. The van der Waals surface area contributed by atoms with E-state index in [1.165, 1.54) is 32.3 Å². The molecule has 1 unspecified atom stereocenters. The van der Waals surface area contributed by atoms with E-state index in [-0.39, 0.29) is 21.3 Å². The van der Waals surface area contributed by atoms with Crippen LogP contribution >= 0.6 is 11.6 Å². The molecule has 9 nitrogen and oxygen atoms in total. The predicted octanol–water partition coefficient (Wildman–Crippen LogP) is 3.53. The van der Waals surface area contributed by atoms with Crippen molar-refractivity contribution in [2.45, 2.75) is 43.8 Å². The molecule has 35 heavy (non-hydrogen) atoms. The van der Waals surface area contributed by atoms with Gasteiger partial charge in [0.05, 0.1) is 10.9 Å². The number of hydrogen-bond acceptors (Lipinski definition) is 6. The Kier molecular flexibility index (Phi) is 7.87. The number of halogens is 3. The van der Waals surface area contributed by atoms with Gasteiger partial charge in [-0.3, -0.25) is 4.79 Å². The average molecular weight is 527 g/mol. The van der Waals surface area contributed by atoms with Crippen LogP contribution in [0.15, 0.2) is 35.2 Å². The molecule has 0 aliphatic heterocycles. The summed E-state index contributed by atoms with van der Waals surface area (Å²) in [6.45, 7) is 5.19. The Morgan fingerprint density at radius 2 is 1.89 bits per heavy atom. The third-order valence-electron chi connectivity index (χ3n) is 5.82. The van der Waals surface area contributed by atoms with Crippen molar-refractivity contribution in [3.8, 4) is 0 Å². The molecule has 1 amide bonds. The number of hydrogen-bond donors (Lipinski definition) is 2. The first-order chi connectivity index (χ1) is 16.3. The molecule has 3 atom stereocenters. The van der Waals surface area contributed by atoms with Crippen LogP contribution in [0.3, 0.4) is 0 Å². The Morgan fingerprint density at radius 3 is 2.49 bits per heavy atom. The van der Waals surface area contributed by atoms with Gasteiger partial charge in [-0.2, -0.15) is 9.94 Å². The van der Waals surface area contributed by atoms with E-state index >= 15 is 0 Å². The smallest absolute Gasteiger partial charge is 0.261 e. The Hall–Kier alpha value is -2.96. The Labute approximate surface area is 206 Å². The van der Waals surface area contributed by atoms with Gasteiger partial charge in [0.25, 0.3) is 5.91 Å². The standard InChI is InChI=1S/C22H25ClF2N6O3S/c1-11-6-9-17(24)18(12(11)2)13(3)20(21-26-29-30-27-21)28-35(33,34)14-7-8-16(23)15(10-14)19(25)22(32)31(4)5/h6-10,13,19-20,28H,1-5H3,(H,26,27,29,30)/t13-,19?,20+/m1/s1. The number of aromatic amines is 1. The first kappa shape index (κ1) is 26.6. The highest BCUT2D eigenvalue weighted by Gasteiger charge is 2.33. The zero-order chi connectivity index (χ0) is 26.1. The molecule has 188 valence electrons. The third-order valence-corrected chi connectivity index (χ3v) is 7.60. The third kappa shape index (κ3) is 5.49. The number of amides is 1. The number of H-pyrrole nitrogens is 1. The van der Waals surface area contributed by atoms with E-state index < -0.39 is 39.9 Å². The molecule has 13 heteroatoms. The van der Waals surface area contributed by atoms with Gasteiger partial charge >= 0.3 is 0 Å². The van der Waals surface area contributed by atoms with Gasteiger partial charge in [-0.15, -0.1) is 10.2 Å². The number of nitrogens with zero attached hydrogens (tertiary/aromatic N) is 4. The molecule has 1 aromatic heterocycles. The van der Waals surface area contributed by atoms with E-state index in [1.807, 2.05) is 6.92 Å².